The second kappa shape index (κ2) is 4.92. The molecule has 3 heteroatoms. The molecule has 0 unspecified atom stereocenters. The Bertz CT molecular complexity index is 516. The molecule has 1 heterocycles. The molecule has 1 aliphatic carbocycles. The van der Waals surface area contributed by atoms with E-state index in [2.05, 4.69) is 57.0 Å². The van der Waals surface area contributed by atoms with E-state index in [4.69, 9.17) is 0 Å². The summed E-state index contributed by atoms with van der Waals surface area (Å²) in [4.78, 5) is 1.34. The summed E-state index contributed by atoms with van der Waals surface area (Å²) in [7, 11) is 0. The largest absolute Gasteiger partial charge is 0.310 e. The van der Waals surface area contributed by atoms with Crippen molar-refractivity contribution in [3.05, 3.63) is 45.7 Å². The molecular weight excluding hydrogens is 294 g/mol. The molecule has 1 aromatic carbocycles. The molecule has 1 N–H and O–H groups in total. The summed E-state index contributed by atoms with van der Waals surface area (Å²) in [6.45, 7) is 1.01. The van der Waals surface area contributed by atoms with Gasteiger partial charge in [-0.3, -0.25) is 0 Å². The average Bonchev–Trinajstić information content (AvgIpc) is 3.06. The van der Waals surface area contributed by atoms with Crippen molar-refractivity contribution < 1.29 is 0 Å². The van der Waals surface area contributed by atoms with Gasteiger partial charge in [0.05, 0.1) is 0 Å². The van der Waals surface area contributed by atoms with Crippen LogP contribution in [0, 0.1) is 0 Å². The maximum atomic E-state index is 3.61. The van der Waals surface area contributed by atoms with Crippen LogP contribution in [0.2, 0.25) is 0 Å². The lowest BCUT2D eigenvalue weighted by Crippen LogP contribution is -2.14. The fraction of sp³-hybridized carbons (Fsp3) is 0.286. The van der Waals surface area contributed by atoms with E-state index in [9.17, 15) is 0 Å². The minimum Gasteiger partial charge on any atom is -0.310 e. The van der Waals surface area contributed by atoms with Crippen LogP contribution in [0.4, 0.5) is 0 Å². The monoisotopic (exact) mass is 307 g/mol. The SMILES string of the molecule is Brc1ccccc1-c1cc(CNC2CC2)cs1. The summed E-state index contributed by atoms with van der Waals surface area (Å²) >= 11 is 5.42. The number of hydrogen-bond acceptors (Lipinski definition) is 2. The predicted molar refractivity (Wildman–Crippen MR) is 77.3 cm³/mol. The second-order valence-electron chi connectivity index (χ2n) is 4.45. The molecule has 0 radical (unpaired) electrons. The van der Waals surface area contributed by atoms with Gasteiger partial charge in [-0.25, -0.2) is 0 Å². The molecule has 0 spiro atoms. The van der Waals surface area contributed by atoms with Crippen molar-refractivity contribution in [1.82, 2.24) is 5.32 Å². The van der Waals surface area contributed by atoms with Crippen molar-refractivity contribution in [2.24, 2.45) is 0 Å². The molecule has 1 nitrogen and oxygen atoms in total. The first-order chi connectivity index (χ1) is 8.33. The number of thiophene rings is 1. The standard InChI is InChI=1S/C14H14BrNS/c15-13-4-2-1-3-12(13)14-7-10(9-17-14)8-16-11-5-6-11/h1-4,7,9,11,16H,5-6,8H2. The first-order valence-corrected chi connectivity index (χ1v) is 7.56. The Kier molecular flexibility index (Phi) is 3.32. The van der Waals surface area contributed by atoms with Gasteiger partial charge in [-0.2, -0.15) is 0 Å². The Morgan fingerprint density at radius 2 is 2.12 bits per heavy atom. The molecule has 1 fully saturated rings. The van der Waals surface area contributed by atoms with E-state index >= 15 is 0 Å². The van der Waals surface area contributed by atoms with Gasteiger partial charge in [0.25, 0.3) is 0 Å². The number of benzene rings is 1. The number of halogens is 1. The highest BCUT2D eigenvalue weighted by Gasteiger charge is 2.20. The lowest BCUT2D eigenvalue weighted by molar-refractivity contribution is 0.689. The molecule has 0 bridgehead atoms. The predicted octanol–water partition coefficient (Wildman–Crippen LogP) is 4.43. The Morgan fingerprint density at radius 1 is 1.29 bits per heavy atom. The maximum absolute atomic E-state index is 3.61. The van der Waals surface area contributed by atoms with Crippen LogP contribution in [0.25, 0.3) is 10.4 Å². The van der Waals surface area contributed by atoms with E-state index in [-0.39, 0.29) is 0 Å². The van der Waals surface area contributed by atoms with Crippen LogP contribution in [0.3, 0.4) is 0 Å². The third kappa shape index (κ3) is 2.79. The quantitative estimate of drug-likeness (QED) is 0.881. The molecule has 1 aromatic heterocycles. The van der Waals surface area contributed by atoms with Crippen LogP contribution < -0.4 is 5.32 Å². The summed E-state index contributed by atoms with van der Waals surface area (Å²) in [5, 5.41) is 5.80. The summed E-state index contributed by atoms with van der Waals surface area (Å²) in [5.41, 5.74) is 2.68. The lowest BCUT2D eigenvalue weighted by Gasteiger charge is -2.00. The smallest absolute Gasteiger partial charge is 0.0357 e. The fourth-order valence-electron chi connectivity index (χ4n) is 1.82. The lowest BCUT2D eigenvalue weighted by atomic mass is 10.2. The van der Waals surface area contributed by atoms with Crippen molar-refractivity contribution in [1.29, 1.82) is 0 Å². The molecular formula is C14H14BrNS. The highest BCUT2D eigenvalue weighted by Crippen LogP contribution is 2.33. The van der Waals surface area contributed by atoms with Crippen LogP contribution in [-0.4, -0.2) is 6.04 Å². The fourth-order valence-corrected chi connectivity index (χ4v) is 3.40. The van der Waals surface area contributed by atoms with Crippen molar-refractivity contribution in [2.45, 2.75) is 25.4 Å². The van der Waals surface area contributed by atoms with E-state index in [0.29, 0.717) is 0 Å². The highest BCUT2D eigenvalue weighted by atomic mass is 79.9. The normalized spacial score (nSPS) is 15.1. The number of hydrogen-bond donors (Lipinski definition) is 1. The molecule has 0 saturated heterocycles. The van der Waals surface area contributed by atoms with Gasteiger partial charge in [0, 0.05) is 27.5 Å². The van der Waals surface area contributed by atoms with Crippen LogP contribution in [-0.2, 0) is 6.54 Å². The summed E-state index contributed by atoms with van der Waals surface area (Å²) < 4.78 is 1.17. The molecule has 0 amide bonds. The molecule has 0 aliphatic heterocycles. The van der Waals surface area contributed by atoms with Crippen molar-refractivity contribution in [3.8, 4) is 10.4 Å². The maximum Gasteiger partial charge on any atom is 0.0357 e. The zero-order chi connectivity index (χ0) is 11.7. The first kappa shape index (κ1) is 11.5. The van der Waals surface area contributed by atoms with Gasteiger partial charge < -0.3 is 5.32 Å². The molecule has 88 valence electrons. The van der Waals surface area contributed by atoms with Gasteiger partial charge in [-0.05, 0) is 35.9 Å². The average molecular weight is 308 g/mol. The van der Waals surface area contributed by atoms with Gasteiger partial charge in [-0.1, -0.05) is 34.1 Å². The Balaban J connectivity index is 1.77. The van der Waals surface area contributed by atoms with Crippen LogP contribution >= 0.6 is 27.3 Å². The number of nitrogens with one attached hydrogen (secondary N) is 1. The van der Waals surface area contributed by atoms with Gasteiger partial charge in [0.2, 0.25) is 0 Å². The third-order valence-corrected chi connectivity index (χ3v) is 4.67. The minimum atomic E-state index is 0.779. The Hall–Kier alpha value is -0.640. The molecule has 0 atom stereocenters. The Labute approximate surface area is 114 Å². The van der Waals surface area contributed by atoms with E-state index in [1.807, 2.05) is 11.3 Å². The van der Waals surface area contributed by atoms with Crippen LogP contribution in [0.15, 0.2) is 40.2 Å². The van der Waals surface area contributed by atoms with Crippen molar-refractivity contribution in [2.75, 3.05) is 0 Å². The zero-order valence-electron chi connectivity index (χ0n) is 9.45. The summed E-state index contributed by atoms with van der Waals surface area (Å²) in [6.07, 6.45) is 2.70. The third-order valence-electron chi connectivity index (χ3n) is 2.97. The van der Waals surface area contributed by atoms with Crippen molar-refractivity contribution in [3.63, 3.8) is 0 Å². The summed E-state index contributed by atoms with van der Waals surface area (Å²) in [6, 6.07) is 11.5. The van der Waals surface area contributed by atoms with E-state index in [0.717, 1.165) is 12.6 Å². The zero-order valence-corrected chi connectivity index (χ0v) is 11.9. The van der Waals surface area contributed by atoms with E-state index in [1.165, 1.54) is 33.3 Å². The second-order valence-corrected chi connectivity index (χ2v) is 6.22. The van der Waals surface area contributed by atoms with Crippen molar-refractivity contribution >= 4 is 27.3 Å². The number of rotatable bonds is 4. The topological polar surface area (TPSA) is 12.0 Å². The first-order valence-electron chi connectivity index (χ1n) is 5.88. The van der Waals surface area contributed by atoms with Crippen LogP contribution in [0.1, 0.15) is 18.4 Å². The molecule has 2 aromatic rings. The van der Waals surface area contributed by atoms with Crippen LogP contribution in [0.5, 0.6) is 0 Å². The summed E-state index contributed by atoms with van der Waals surface area (Å²) in [5.74, 6) is 0. The van der Waals surface area contributed by atoms with E-state index in [1.54, 1.807) is 0 Å². The van der Waals surface area contributed by atoms with Gasteiger partial charge in [-0.15, -0.1) is 11.3 Å². The molecule has 17 heavy (non-hydrogen) atoms. The highest BCUT2D eigenvalue weighted by molar-refractivity contribution is 9.10. The molecule has 1 saturated carbocycles. The molecule has 1 aliphatic rings. The van der Waals surface area contributed by atoms with Gasteiger partial charge in [0.1, 0.15) is 0 Å². The van der Waals surface area contributed by atoms with Gasteiger partial charge in [0.15, 0.2) is 0 Å². The van der Waals surface area contributed by atoms with E-state index < -0.39 is 0 Å². The molecule has 3 rings (SSSR count). The Morgan fingerprint density at radius 3 is 2.88 bits per heavy atom. The minimum absolute atomic E-state index is 0.779. The van der Waals surface area contributed by atoms with Gasteiger partial charge >= 0.3 is 0 Å².